The largest absolute Gasteiger partial charge is 0.461 e. The summed E-state index contributed by atoms with van der Waals surface area (Å²) in [6.07, 6.45) is 9.73. The Balaban J connectivity index is 0.865. The molecule has 4 aliphatic rings. The number of esters is 2. The number of benzene rings is 2. The molecule has 1 unspecified atom stereocenters. The second kappa shape index (κ2) is 15.5. The molecule has 7 rings (SSSR count). The number of nitrogens with two attached hydrogens (primary N) is 1. The molecule has 4 aliphatic carbocycles. The molecule has 0 saturated heterocycles. The molecule has 12 heteroatoms. The average molecular weight is 764 g/mol. The van der Waals surface area contributed by atoms with Gasteiger partial charge >= 0.3 is 11.9 Å². The van der Waals surface area contributed by atoms with E-state index in [4.69, 9.17) is 15.2 Å². The van der Waals surface area contributed by atoms with Crippen molar-refractivity contribution in [3.05, 3.63) is 95.9 Å². The number of ether oxygens (including phenoxy) is 2. The number of carbonyl (C=O) groups excluding carboxylic acids is 5. The van der Waals surface area contributed by atoms with Gasteiger partial charge in [-0.2, -0.15) is 0 Å². The fraction of sp³-hybridized carbons (Fsp3) is 0.455. The number of aromatic nitrogens is 1. The van der Waals surface area contributed by atoms with Crippen LogP contribution in [0.2, 0.25) is 0 Å². The second-order valence-electron chi connectivity index (χ2n) is 16.3. The van der Waals surface area contributed by atoms with E-state index in [9.17, 15) is 34.2 Å². The van der Waals surface area contributed by atoms with Gasteiger partial charge in [0, 0.05) is 46.8 Å². The zero-order valence-electron chi connectivity index (χ0n) is 31.7. The number of hydrogen-bond donors (Lipinski definition) is 4. The van der Waals surface area contributed by atoms with E-state index in [1.807, 2.05) is 37.3 Å². The van der Waals surface area contributed by atoms with Crippen LogP contribution in [0.4, 0.5) is 5.69 Å². The van der Waals surface area contributed by atoms with Crippen molar-refractivity contribution in [2.75, 3.05) is 18.5 Å². The standard InChI is InChI=1S/C44H49N3O9/c1-42-16-13-32(48)20-30(42)8-10-33-35-14-17-44(54,43(35,2)21-36(49)40(33)42)37(50)25-56-39(52)12-11-38(51)55-24-26-3-5-27(6-4-26)34(22-45)41(53)47-31-9-7-29-23-46-18-15-28(29)19-31/h3-7,9,13,15-16,18-20,23,33-36,40,49,54H,8,10-12,14,17,21-22,24-25,45H2,1-2H3,(H,47,53)/t33?,34-,35+,36+,40-,42+,43+,44+/m1/s1. The minimum absolute atomic E-state index is 0.0307. The number of aliphatic hydroxyl groups is 2. The first-order chi connectivity index (χ1) is 26.8. The van der Waals surface area contributed by atoms with Gasteiger partial charge in [0.05, 0.1) is 24.9 Å². The maximum atomic E-state index is 13.6. The molecule has 0 bridgehead atoms. The maximum absolute atomic E-state index is 13.6. The molecule has 1 heterocycles. The molecule has 1 aromatic heterocycles. The summed E-state index contributed by atoms with van der Waals surface area (Å²) in [7, 11) is 0. The number of fused-ring (bicyclic) bond motifs is 6. The molecule has 5 N–H and O–H groups in total. The number of nitrogens with zero attached hydrogens (tertiary/aromatic N) is 1. The molecule has 2 aromatic carbocycles. The lowest BCUT2D eigenvalue weighted by molar-refractivity contribution is -0.181. The van der Waals surface area contributed by atoms with Gasteiger partial charge in [0.1, 0.15) is 12.2 Å². The number of hydrogen-bond acceptors (Lipinski definition) is 11. The number of ketones is 2. The van der Waals surface area contributed by atoms with Crippen molar-refractivity contribution in [1.29, 1.82) is 0 Å². The van der Waals surface area contributed by atoms with E-state index in [0.29, 0.717) is 29.7 Å². The van der Waals surface area contributed by atoms with Crippen molar-refractivity contribution in [3.8, 4) is 0 Å². The fourth-order valence-corrected chi connectivity index (χ4v) is 10.2. The molecule has 3 saturated carbocycles. The summed E-state index contributed by atoms with van der Waals surface area (Å²) in [5, 5.41) is 28.3. The SMILES string of the molecule is C[C@]12C=CC(=O)C=C1CCC1[C@@H]2[C@@H](O)C[C@@]2(C)[C@H]1CC[C@]2(O)C(=O)COC(=O)CCC(=O)OCc1ccc([C@@H](CN)C(=O)Nc2ccc3cnccc3c2)cc1. The van der Waals surface area contributed by atoms with E-state index in [1.54, 1.807) is 48.8 Å². The van der Waals surface area contributed by atoms with Gasteiger partial charge in [0.2, 0.25) is 11.7 Å². The third-order valence-electron chi connectivity index (χ3n) is 13.2. The minimum atomic E-state index is -1.78. The number of pyridine rings is 1. The van der Waals surface area contributed by atoms with Crippen molar-refractivity contribution >= 4 is 45.9 Å². The highest BCUT2D eigenvalue weighted by Gasteiger charge is 2.68. The molecule has 3 aromatic rings. The van der Waals surface area contributed by atoms with Crippen molar-refractivity contribution in [2.24, 2.45) is 34.3 Å². The molecular weight excluding hydrogens is 714 g/mol. The van der Waals surface area contributed by atoms with Crippen LogP contribution in [0.3, 0.4) is 0 Å². The average Bonchev–Trinajstić information content (AvgIpc) is 3.46. The molecule has 0 spiro atoms. The van der Waals surface area contributed by atoms with Crippen LogP contribution in [0.25, 0.3) is 10.8 Å². The minimum Gasteiger partial charge on any atom is -0.461 e. The van der Waals surface area contributed by atoms with E-state index in [0.717, 1.165) is 22.8 Å². The summed E-state index contributed by atoms with van der Waals surface area (Å²) < 4.78 is 10.6. The van der Waals surface area contributed by atoms with Crippen LogP contribution in [-0.4, -0.2) is 69.5 Å². The summed E-state index contributed by atoms with van der Waals surface area (Å²) in [5.74, 6) is -3.03. The lowest BCUT2D eigenvalue weighted by Crippen LogP contribution is -2.61. The number of carbonyl (C=O) groups is 5. The quantitative estimate of drug-likeness (QED) is 0.184. The van der Waals surface area contributed by atoms with Crippen LogP contribution in [-0.2, 0) is 40.1 Å². The predicted octanol–water partition coefficient (Wildman–Crippen LogP) is 4.86. The van der Waals surface area contributed by atoms with Gasteiger partial charge in [-0.15, -0.1) is 0 Å². The molecule has 0 radical (unpaired) electrons. The van der Waals surface area contributed by atoms with Crippen molar-refractivity contribution in [3.63, 3.8) is 0 Å². The van der Waals surface area contributed by atoms with Gasteiger partial charge in [-0.3, -0.25) is 29.0 Å². The number of nitrogens with one attached hydrogen (secondary N) is 1. The normalized spacial score (nSPS) is 29.7. The molecule has 0 aliphatic heterocycles. The smallest absolute Gasteiger partial charge is 0.306 e. The van der Waals surface area contributed by atoms with E-state index in [-0.39, 0.29) is 68.3 Å². The highest BCUT2D eigenvalue weighted by Crippen LogP contribution is 2.67. The lowest BCUT2D eigenvalue weighted by Gasteiger charge is -2.59. The molecule has 12 nitrogen and oxygen atoms in total. The van der Waals surface area contributed by atoms with Crippen molar-refractivity contribution in [2.45, 2.75) is 83.0 Å². The summed E-state index contributed by atoms with van der Waals surface area (Å²) in [4.78, 5) is 68.0. The molecule has 294 valence electrons. The Bertz CT molecular complexity index is 2110. The van der Waals surface area contributed by atoms with E-state index < -0.39 is 52.8 Å². The first-order valence-electron chi connectivity index (χ1n) is 19.4. The molecule has 3 fully saturated rings. The number of aliphatic hydroxyl groups excluding tert-OH is 1. The topological polar surface area (TPSA) is 195 Å². The Morgan fingerprint density at radius 2 is 1.75 bits per heavy atom. The van der Waals surface area contributed by atoms with Gasteiger partial charge in [-0.25, -0.2) is 0 Å². The van der Waals surface area contributed by atoms with Gasteiger partial charge in [0.15, 0.2) is 12.4 Å². The second-order valence-corrected chi connectivity index (χ2v) is 16.3. The number of rotatable bonds is 12. The Labute approximate surface area is 325 Å². The molecule has 8 atom stereocenters. The third kappa shape index (κ3) is 7.21. The molecule has 1 amide bonds. The predicted molar refractivity (Wildman–Crippen MR) is 207 cm³/mol. The third-order valence-corrected chi connectivity index (χ3v) is 13.2. The highest BCUT2D eigenvalue weighted by molar-refractivity contribution is 6.01. The first-order valence-corrected chi connectivity index (χ1v) is 19.4. The summed E-state index contributed by atoms with van der Waals surface area (Å²) in [6, 6.07) is 14.4. The number of amides is 1. The van der Waals surface area contributed by atoms with Gasteiger partial charge in [-0.05, 0) is 90.8 Å². The Kier molecular flexibility index (Phi) is 10.8. The zero-order valence-corrected chi connectivity index (χ0v) is 31.7. The van der Waals surface area contributed by atoms with Crippen LogP contribution >= 0.6 is 0 Å². The van der Waals surface area contributed by atoms with E-state index in [1.165, 1.54) is 0 Å². The van der Waals surface area contributed by atoms with Crippen LogP contribution < -0.4 is 11.1 Å². The molecular formula is C44H49N3O9. The summed E-state index contributed by atoms with van der Waals surface area (Å²) in [6.45, 7) is 3.33. The maximum Gasteiger partial charge on any atom is 0.306 e. The Morgan fingerprint density at radius 3 is 2.50 bits per heavy atom. The van der Waals surface area contributed by atoms with Crippen LogP contribution in [0.5, 0.6) is 0 Å². The fourth-order valence-electron chi connectivity index (χ4n) is 10.2. The number of Topliss-reactive ketones (excluding diaryl/α,β-unsaturated/α-hetero) is 1. The first kappa shape index (κ1) is 39.2. The van der Waals surface area contributed by atoms with Crippen LogP contribution in [0.15, 0.2) is 84.7 Å². The number of allylic oxidation sites excluding steroid dienone is 4. The van der Waals surface area contributed by atoms with Gasteiger partial charge < -0.3 is 30.7 Å². The van der Waals surface area contributed by atoms with Crippen molar-refractivity contribution < 1.29 is 43.7 Å². The summed E-state index contributed by atoms with van der Waals surface area (Å²) in [5.41, 5.74) is 5.86. The monoisotopic (exact) mass is 763 g/mol. The lowest BCUT2D eigenvalue weighted by atomic mass is 9.46. The van der Waals surface area contributed by atoms with Crippen LogP contribution in [0.1, 0.15) is 75.8 Å². The highest BCUT2D eigenvalue weighted by atomic mass is 16.5. The van der Waals surface area contributed by atoms with Gasteiger partial charge in [0.25, 0.3) is 0 Å². The number of anilines is 1. The molecule has 56 heavy (non-hydrogen) atoms. The van der Waals surface area contributed by atoms with Gasteiger partial charge in [-0.1, -0.05) is 55.8 Å². The van der Waals surface area contributed by atoms with Crippen LogP contribution in [0, 0.1) is 28.6 Å². The summed E-state index contributed by atoms with van der Waals surface area (Å²) >= 11 is 0. The zero-order chi connectivity index (χ0) is 39.8. The van der Waals surface area contributed by atoms with E-state index >= 15 is 0 Å². The Morgan fingerprint density at radius 1 is 1.00 bits per heavy atom. The van der Waals surface area contributed by atoms with Crippen molar-refractivity contribution in [1.82, 2.24) is 4.98 Å². The Hall–Kier alpha value is -5.04. The van der Waals surface area contributed by atoms with E-state index in [2.05, 4.69) is 17.2 Å².